The summed E-state index contributed by atoms with van der Waals surface area (Å²) < 4.78 is 15.1. The highest BCUT2D eigenvalue weighted by Gasteiger charge is 2.35. The summed E-state index contributed by atoms with van der Waals surface area (Å²) in [5.74, 6) is -0.898. The minimum Gasteiger partial charge on any atom is -0.367 e. The maximum atomic E-state index is 15.1. The number of amides is 2. The molecule has 4 heterocycles. The van der Waals surface area contributed by atoms with E-state index in [1.54, 1.807) is 0 Å². The van der Waals surface area contributed by atoms with E-state index >= 15 is 4.39 Å². The average molecular weight is 404 g/mol. The molecule has 0 bridgehead atoms. The molecule has 2 N–H and O–H groups in total. The van der Waals surface area contributed by atoms with Crippen LogP contribution in [0.2, 0.25) is 0 Å². The summed E-state index contributed by atoms with van der Waals surface area (Å²) in [5, 5.41) is 5.73. The van der Waals surface area contributed by atoms with Gasteiger partial charge in [-0.25, -0.2) is 4.39 Å². The Morgan fingerprint density at radius 3 is 2.55 bits per heavy atom. The minimum absolute atomic E-state index is 0.00957. The van der Waals surface area contributed by atoms with Gasteiger partial charge in [-0.15, -0.1) is 0 Å². The predicted molar refractivity (Wildman–Crippen MR) is 109 cm³/mol. The maximum Gasteiger partial charge on any atom is 0.235 e. The zero-order valence-corrected chi connectivity index (χ0v) is 17.2. The Kier molecular flexibility index (Phi) is 5.83. The molecule has 1 unspecified atom stereocenters. The second-order valence-electron chi connectivity index (χ2n) is 8.41. The number of piperazine rings is 1. The van der Waals surface area contributed by atoms with Gasteiger partial charge in [-0.05, 0) is 38.3 Å². The van der Waals surface area contributed by atoms with Crippen molar-refractivity contribution in [2.45, 2.75) is 51.2 Å². The number of nitrogens with one attached hydrogen (secondary N) is 2. The van der Waals surface area contributed by atoms with Gasteiger partial charge in [0.1, 0.15) is 6.17 Å². The number of imide groups is 1. The van der Waals surface area contributed by atoms with Gasteiger partial charge in [0, 0.05) is 45.2 Å². The summed E-state index contributed by atoms with van der Waals surface area (Å²) in [4.78, 5) is 32.7. The number of hydrogen-bond donors (Lipinski definition) is 2. The van der Waals surface area contributed by atoms with E-state index in [2.05, 4.69) is 25.4 Å². The van der Waals surface area contributed by atoms with Gasteiger partial charge in [-0.1, -0.05) is 0 Å². The van der Waals surface area contributed by atoms with Crippen molar-refractivity contribution in [2.24, 2.45) is 0 Å². The first-order valence-electron chi connectivity index (χ1n) is 10.6. The minimum atomic E-state index is -0.893. The molecule has 3 aliphatic heterocycles. The van der Waals surface area contributed by atoms with Crippen LogP contribution in [0.1, 0.15) is 42.1 Å². The topological polar surface area (TPSA) is 77.6 Å². The lowest BCUT2D eigenvalue weighted by Crippen LogP contribution is -2.57. The molecule has 3 saturated heterocycles. The van der Waals surface area contributed by atoms with Crippen molar-refractivity contribution in [1.29, 1.82) is 0 Å². The van der Waals surface area contributed by atoms with Gasteiger partial charge in [0.15, 0.2) is 0 Å². The van der Waals surface area contributed by atoms with Crippen LogP contribution < -0.4 is 15.5 Å². The summed E-state index contributed by atoms with van der Waals surface area (Å²) in [6.07, 6.45) is 0.726. The number of anilines is 1. The third-order valence-corrected chi connectivity index (χ3v) is 6.42. The number of aromatic nitrogens is 1. The largest absolute Gasteiger partial charge is 0.367 e. The van der Waals surface area contributed by atoms with Crippen molar-refractivity contribution in [3.8, 4) is 0 Å². The summed E-state index contributed by atoms with van der Waals surface area (Å²) in [5.41, 5.74) is 3.49. The third-order valence-electron chi connectivity index (χ3n) is 6.42. The molecule has 7 nitrogen and oxygen atoms in total. The van der Waals surface area contributed by atoms with Crippen LogP contribution in [0.4, 0.5) is 10.1 Å². The van der Waals surface area contributed by atoms with Crippen LogP contribution in [0.3, 0.4) is 0 Å². The van der Waals surface area contributed by atoms with E-state index in [9.17, 15) is 9.59 Å². The van der Waals surface area contributed by atoms with Gasteiger partial charge < -0.3 is 10.2 Å². The highest BCUT2D eigenvalue weighted by atomic mass is 19.1. The molecule has 4 rings (SSSR count). The molecule has 3 atom stereocenters. The molecule has 1 aromatic rings. The second kappa shape index (κ2) is 8.36. The van der Waals surface area contributed by atoms with Crippen molar-refractivity contribution in [2.75, 3.05) is 44.2 Å². The molecule has 0 aliphatic carbocycles. The van der Waals surface area contributed by atoms with E-state index in [1.807, 2.05) is 19.9 Å². The van der Waals surface area contributed by atoms with Gasteiger partial charge in [0.25, 0.3) is 0 Å². The lowest BCUT2D eigenvalue weighted by atomic mass is 9.92. The third kappa shape index (κ3) is 4.14. The first-order chi connectivity index (χ1) is 13.9. The Hall–Kier alpha value is -2.06. The van der Waals surface area contributed by atoms with E-state index in [4.69, 9.17) is 0 Å². The van der Waals surface area contributed by atoms with Crippen molar-refractivity contribution in [1.82, 2.24) is 20.5 Å². The van der Waals surface area contributed by atoms with Gasteiger partial charge >= 0.3 is 0 Å². The maximum absolute atomic E-state index is 15.1. The fourth-order valence-corrected chi connectivity index (χ4v) is 5.01. The van der Waals surface area contributed by atoms with Crippen molar-refractivity contribution < 1.29 is 14.0 Å². The molecule has 29 heavy (non-hydrogen) atoms. The van der Waals surface area contributed by atoms with Gasteiger partial charge in [0.05, 0.1) is 29.5 Å². The highest BCUT2D eigenvalue weighted by molar-refractivity contribution is 6.00. The number of alkyl halides is 1. The number of piperidine rings is 2. The molecule has 0 radical (unpaired) electrons. The molecular weight excluding hydrogens is 373 g/mol. The van der Waals surface area contributed by atoms with Gasteiger partial charge in [-0.3, -0.25) is 24.8 Å². The molecule has 8 heteroatoms. The Labute approximate surface area is 171 Å². The summed E-state index contributed by atoms with van der Waals surface area (Å²) in [7, 11) is 0. The van der Waals surface area contributed by atoms with Crippen molar-refractivity contribution in [3.05, 3.63) is 23.0 Å². The lowest BCUT2D eigenvalue weighted by Gasteiger charge is -2.43. The van der Waals surface area contributed by atoms with E-state index in [0.29, 0.717) is 25.1 Å². The Morgan fingerprint density at radius 2 is 1.90 bits per heavy atom. The van der Waals surface area contributed by atoms with E-state index in [1.165, 1.54) is 0 Å². The Bertz CT molecular complexity index is 772. The van der Waals surface area contributed by atoms with Crippen LogP contribution in [0.15, 0.2) is 6.07 Å². The monoisotopic (exact) mass is 403 g/mol. The molecule has 158 valence electrons. The first kappa shape index (κ1) is 20.2. The molecule has 0 spiro atoms. The van der Waals surface area contributed by atoms with Crippen molar-refractivity contribution in [3.63, 3.8) is 0 Å². The molecule has 2 amide bonds. The summed E-state index contributed by atoms with van der Waals surface area (Å²) in [6.45, 7) is 8.76. The number of rotatable bonds is 3. The molecule has 3 fully saturated rings. The van der Waals surface area contributed by atoms with E-state index in [0.717, 1.165) is 56.1 Å². The molecular formula is C21H30FN5O2. The van der Waals surface area contributed by atoms with Crippen LogP contribution in [0.25, 0.3) is 0 Å². The Balaban J connectivity index is 1.49. The predicted octanol–water partition coefficient (Wildman–Crippen LogP) is 1.04. The fraction of sp³-hybridized carbons (Fsp3) is 0.667. The number of carbonyl (C=O) groups excluding carboxylic acids is 2. The number of carbonyl (C=O) groups is 2. The Morgan fingerprint density at radius 1 is 1.14 bits per heavy atom. The molecule has 0 saturated carbocycles. The van der Waals surface area contributed by atoms with Crippen LogP contribution in [-0.4, -0.2) is 73.2 Å². The van der Waals surface area contributed by atoms with Crippen LogP contribution in [0, 0.1) is 13.8 Å². The zero-order chi connectivity index (χ0) is 20.5. The number of nitrogens with zero attached hydrogens (tertiary/aromatic N) is 3. The first-order valence-corrected chi connectivity index (χ1v) is 10.6. The quantitative estimate of drug-likeness (QED) is 0.735. The molecule has 1 aromatic heterocycles. The van der Waals surface area contributed by atoms with Crippen LogP contribution in [0.5, 0.6) is 0 Å². The number of pyridine rings is 1. The van der Waals surface area contributed by atoms with Crippen LogP contribution >= 0.6 is 0 Å². The second-order valence-corrected chi connectivity index (χ2v) is 8.41. The normalized spacial score (nSPS) is 29.1. The van der Waals surface area contributed by atoms with Gasteiger partial charge in [-0.2, -0.15) is 0 Å². The van der Waals surface area contributed by atoms with Crippen molar-refractivity contribution >= 4 is 17.5 Å². The van der Waals surface area contributed by atoms with E-state index in [-0.39, 0.29) is 17.9 Å². The molecule has 0 aromatic carbocycles. The van der Waals surface area contributed by atoms with E-state index < -0.39 is 12.1 Å². The number of aryl methyl sites for hydroxylation is 2. The SMILES string of the molecule is Cc1cc(C2CCC(=O)NC2=O)nc(C)c1N1CC[C@@H](N2CCNCC2)[C@@H](F)C1. The highest BCUT2D eigenvalue weighted by Crippen LogP contribution is 2.32. The lowest BCUT2D eigenvalue weighted by molar-refractivity contribution is -0.134. The fourth-order valence-electron chi connectivity index (χ4n) is 5.01. The average Bonchev–Trinajstić information content (AvgIpc) is 2.68. The number of halogens is 1. The van der Waals surface area contributed by atoms with Gasteiger partial charge in [0.2, 0.25) is 11.8 Å². The smallest absolute Gasteiger partial charge is 0.235 e. The molecule has 3 aliphatic rings. The zero-order valence-electron chi connectivity index (χ0n) is 17.2. The van der Waals surface area contributed by atoms with Crippen LogP contribution in [-0.2, 0) is 9.59 Å². The number of hydrogen-bond acceptors (Lipinski definition) is 6. The standard InChI is InChI=1S/C21H30FN5O2/c1-13-11-17(15-3-4-19(28)25-21(15)29)24-14(2)20(13)27-8-5-18(16(22)12-27)26-9-6-23-7-10-26/h11,15-16,18,23H,3-10,12H2,1-2H3,(H,25,28,29)/t15?,16-,18+/m0/s1. The summed E-state index contributed by atoms with van der Waals surface area (Å²) in [6, 6.07) is 1.92. The summed E-state index contributed by atoms with van der Waals surface area (Å²) >= 11 is 0.